The number of aromatic nitrogens is 1. The molecule has 4 aliphatic carbocycles. The fraction of sp³-hybridized carbons (Fsp3) is 0.571. The Morgan fingerprint density at radius 3 is 2.82 bits per heavy atom. The Hall–Kier alpha value is -1.65. The normalized spacial score (nSPS) is 36.8. The van der Waals surface area contributed by atoms with Gasteiger partial charge in [-0.05, 0) is 85.8 Å². The number of thiazole rings is 1. The molecule has 33 heavy (non-hydrogen) atoms. The van der Waals surface area contributed by atoms with E-state index in [9.17, 15) is 4.79 Å². The number of rotatable bonds is 2. The van der Waals surface area contributed by atoms with Crippen LogP contribution in [-0.4, -0.2) is 17.1 Å². The van der Waals surface area contributed by atoms with Gasteiger partial charge in [-0.3, -0.25) is 4.79 Å². The lowest BCUT2D eigenvalue weighted by atomic mass is 9.48. The summed E-state index contributed by atoms with van der Waals surface area (Å²) in [7, 11) is 0. The molecule has 6 rings (SSSR count). The zero-order valence-electron chi connectivity index (χ0n) is 19.7. The van der Waals surface area contributed by atoms with Crippen molar-refractivity contribution in [2.75, 3.05) is 0 Å². The van der Waals surface area contributed by atoms with Crippen LogP contribution in [0.15, 0.2) is 30.3 Å². The van der Waals surface area contributed by atoms with Crippen LogP contribution in [0.5, 0.6) is 0 Å². The molecular weight excluding hydrogens is 450 g/mol. The average Bonchev–Trinajstić information content (AvgIpc) is 3.34. The molecule has 0 aliphatic heterocycles. The number of hydrogen-bond acceptors (Lipinski definition) is 4. The number of halogens is 1. The van der Waals surface area contributed by atoms with E-state index in [2.05, 4.69) is 26.0 Å². The zero-order chi connectivity index (χ0) is 23.0. The minimum Gasteiger partial charge on any atom is -0.462 e. The molecule has 2 aromatic rings. The maximum atomic E-state index is 11.7. The molecule has 0 unspecified atom stereocenters. The Bertz CT molecular complexity index is 1150. The molecule has 1 aromatic carbocycles. The van der Waals surface area contributed by atoms with Crippen molar-refractivity contribution < 1.29 is 9.53 Å². The monoisotopic (exact) mass is 481 g/mol. The molecule has 0 amide bonds. The number of nitrogens with zero attached hydrogens (tertiary/aromatic N) is 1. The van der Waals surface area contributed by atoms with Crippen LogP contribution in [0.3, 0.4) is 0 Å². The van der Waals surface area contributed by atoms with Crippen molar-refractivity contribution in [3.05, 3.63) is 45.9 Å². The van der Waals surface area contributed by atoms with Crippen molar-refractivity contribution in [2.45, 2.75) is 71.8 Å². The molecule has 4 aliphatic rings. The van der Waals surface area contributed by atoms with Gasteiger partial charge in [0.25, 0.3) is 0 Å². The molecule has 0 spiro atoms. The topological polar surface area (TPSA) is 39.2 Å². The van der Waals surface area contributed by atoms with E-state index in [0.717, 1.165) is 41.3 Å². The summed E-state index contributed by atoms with van der Waals surface area (Å²) in [6.07, 6.45) is 10.7. The first-order valence-corrected chi connectivity index (χ1v) is 13.6. The Kier molecular flexibility index (Phi) is 5.09. The molecule has 5 heteroatoms. The van der Waals surface area contributed by atoms with Crippen LogP contribution in [-0.2, 0) is 16.0 Å². The lowest BCUT2D eigenvalue weighted by Crippen LogP contribution is -2.50. The number of ether oxygens (including phenoxy) is 1. The minimum absolute atomic E-state index is 0.0934. The van der Waals surface area contributed by atoms with Crippen molar-refractivity contribution in [3.63, 3.8) is 0 Å². The molecule has 2 saturated carbocycles. The maximum Gasteiger partial charge on any atom is 0.302 e. The molecular formula is C28H32ClNO2S. The van der Waals surface area contributed by atoms with E-state index < -0.39 is 0 Å². The van der Waals surface area contributed by atoms with Crippen molar-refractivity contribution in [1.82, 2.24) is 4.98 Å². The molecule has 0 radical (unpaired) electrons. The smallest absolute Gasteiger partial charge is 0.302 e. The van der Waals surface area contributed by atoms with Crippen molar-refractivity contribution >= 4 is 34.5 Å². The van der Waals surface area contributed by atoms with Gasteiger partial charge in [0.05, 0.1) is 5.69 Å². The van der Waals surface area contributed by atoms with E-state index >= 15 is 0 Å². The SMILES string of the molecule is CC(=O)O[C@H]1CC[C@H]2[C@@H]3CC=C4c5nc(-c6cccc(Cl)c6)sc5CC[C@]4(C)[C@H]3CC[C@]12C. The maximum absolute atomic E-state index is 11.7. The number of aryl methyl sites for hydroxylation is 1. The highest BCUT2D eigenvalue weighted by Crippen LogP contribution is 2.66. The predicted molar refractivity (Wildman–Crippen MR) is 134 cm³/mol. The zero-order valence-corrected chi connectivity index (χ0v) is 21.3. The number of fused-ring (bicyclic) bond motifs is 7. The third-order valence-electron chi connectivity index (χ3n) is 9.58. The van der Waals surface area contributed by atoms with Crippen LogP contribution in [0, 0.1) is 28.6 Å². The van der Waals surface area contributed by atoms with Gasteiger partial charge >= 0.3 is 5.97 Å². The summed E-state index contributed by atoms with van der Waals surface area (Å²) >= 11 is 8.10. The fourth-order valence-corrected chi connectivity index (χ4v) is 9.24. The largest absolute Gasteiger partial charge is 0.462 e. The number of esters is 1. The molecule has 1 heterocycles. The van der Waals surface area contributed by atoms with Crippen molar-refractivity contribution in [3.8, 4) is 10.6 Å². The van der Waals surface area contributed by atoms with E-state index in [1.165, 1.54) is 35.4 Å². The highest BCUT2D eigenvalue weighted by atomic mass is 35.5. The lowest BCUT2D eigenvalue weighted by molar-refractivity contribution is -0.156. The van der Waals surface area contributed by atoms with Gasteiger partial charge in [-0.1, -0.05) is 43.7 Å². The van der Waals surface area contributed by atoms with Gasteiger partial charge < -0.3 is 4.74 Å². The van der Waals surface area contributed by atoms with Crippen molar-refractivity contribution in [1.29, 1.82) is 0 Å². The highest BCUT2D eigenvalue weighted by Gasteiger charge is 2.59. The second-order valence-electron chi connectivity index (χ2n) is 11.2. The van der Waals surface area contributed by atoms with Gasteiger partial charge in [0.1, 0.15) is 11.1 Å². The second-order valence-corrected chi connectivity index (χ2v) is 12.7. The number of benzene rings is 1. The summed E-state index contributed by atoms with van der Waals surface area (Å²) < 4.78 is 5.82. The van der Waals surface area contributed by atoms with Crippen LogP contribution < -0.4 is 0 Å². The number of allylic oxidation sites excluding steroid dienone is 2. The van der Waals surface area contributed by atoms with E-state index in [0.29, 0.717) is 17.8 Å². The average molecular weight is 482 g/mol. The van der Waals surface area contributed by atoms with Crippen LogP contribution >= 0.6 is 22.9 Å². The molecule has 174 valence electrons. The van der Waals surface area contributed by atoms with Crippen LogP contribution in [0.4, 0.5) is 0 Å². The van der Waals surface area contributed by atoms with E-state index in [-0.39, 0.29) is 22.9 Å². The van der Waals surface area contributed by atoms with Gasteiger partial charge in [-0.15, -0.1) is 11.3 Å². The van der Waals surface area contributed by atoms with Crippen molar-refractivity contribution in [2.24, 2.45) is 28.6 Å². The Morgan fingerprint density at radius 1 is 1.18 bits per heavy atom. The van der Waals surface area contributed by atoms with E-state index in [1.807, 2.05) is 29.5 Å². The molecule has 0 bridgehead atoms. The number of carbonyl (C=O) groups excluding carboxylic acids is 1. The fourth-order valence-electron chi connectivity index (χ4n) is 7.98. The molecule has 1 aromatic heterocycles. The summed E-state index contributed by atoms with van der Waals surface area (Å²) in [6, 6.07) is 8.07. The third kappa shape index (κ3) is 3.27. The molecule has 0 saturated heterocycles. The Morgan fingerprint density at radius 2 is 2.03 bits per heavy atom. The summed E-state index contributed by atoms with van der Waals surface area (Å²) in [5, 5.41) is 1.85. The van der Waals surface area contributed by atoms with Crippen LogP contribution in [0.25, 0.3) is 16.1 Å². The molecule has 6 atom stereocenters. The van der Waals surface area contributed by atoms with E-state index in [4.69, 9.17) is 21.3 Å². The standard InChI is InChI=1S/C28H32ClNO2S/c1-16(31)32-24-10-9-20-19-7-8-22-25-23(33-26(30-25)17-5-4-6-18(29)15-17)12-14-27(22,2)21(19)11-13-28(20,24)3/h4-6,8,15,19-21,24H,7,9-14H2,1-3H3/t19-,20-,21-,24-,27+,28-/m0/s1. The van der Waals surface area contributed by atoms with E-state index in [1.54, 1.807) is 6.92 Å². The molecule has 0 N–H and O–H groups in total. The quantitative estimate of drug-likeness (QED) is 0.415. The highest BCUT2D eigenvalue weighted by molar-refractivity contribution is 7.15. The first-order chi connectivity index (χ1) is 15.8. The predicted octanol–water partition coefficient (Wildman–Crippen LogP) is 7.58. The van der Waals surface area contributed by atoms with Gasteiger partial charge in [-0.2, -0.15) is 0 Å². The summed E-state index contributed by atoms with van der Waals surface area (Å²) in [6.45, 7) is 6.47. The molecule has 2 fully saturated rings. The minimum atomic E-state index is -0.124. The van der Waals surface area contributed by atoms with Crippen LogP contribution in [0.1, 0.15) is 69.9 Å². The first kappa shape index (κ1) is 21.9. The van der Waals surface area contributed by atoms with Crippen LogP contribution in [0.2, 0.25) is 5.02 Å². The Labute approximate surface area is 205 Å². The number of hydrogen-bond donors (Lipinski definition) is 0. The molecule has 3 nitrogen and oxygen atoms in total. The Balaban J connectivity index is 1.34. The second kappa shape index (κ2) is 7.68. The summed E-state index contributed by atoms with van der Waals surface area (Å²) in [4.78, 5) is 18.4. The summed E-state index contributed by atoms with van der Waals surface area (Å²) in [5.41, 5.74) is 4.19. The number of carbonyl (C=O) groups is 1. The summed E-state index contributed by atoms with van der Waals surface area (Å²) in [5.74, 6) is 1.90. The van der Waals surface area contributed by atoms with Gasteiger partial charge in [-0.25, -0.2) is 4.98 Å². The third-order valence-corrected chi connectivity index (χ3v) is 11.0. The van der Waals surface area contributed by atoms with Gasteiger partial charge in [0, 0.05) is 27.8 Å². The van der Waals surface area contributed by atoms with Gasteiger partial charge in [0.2, 0.25) is 0 Å². The lowest BCUT2D eigenvalue weighted by Gasteiger charge is -2.56. The first-order valence-electron chi connectivity index (χ1n) is 12.4. The van der Waals surface area contributed by atoms with Gasteiger partial charge in [0.15, 0.2) is 0 Å².